The molecule has 0 aromatic carbocycles. The molecule has 0 saturated carbocycles. The van der Waals surface area contributed by atoms with E-state index < -0.39 is 0 Å². The van der Waals surface area contributed by atoms with Crippen LogP contribution >= 0.6 is 11.3 Å². The number of nitrogens with two attached hydrogens (primary N) is 1. The molecule has 0 aliphatic heterocycles. The quantitative estimate of drug-likeness (QED) is 0.514. The van der Waals surface area contributed by atoms with Gasteiger partial charge in [-0.25, -0.2) is 0 Å². The maximum absolute atomic E-state index is 11.8. The molecule has 1 heterocycles. The van der Waals surface area contributed by atoms with Crippen LogP contribution in [0.1, 0.15) is 15.2 Å². The topological polar surface area (TPSA) is 100 Å². The number of rotatable bonds is 7. The number of hydrogen-bond acceptors (Lipinski definition) is 6. The standard InChI is InChI=1S/C12H16N4O2S/c1-3-4-15-11(17)10-9(14)8(7-13)12(19-10)16-5-6-18-2/h3,16H,1,4-6,14H2,2H3,(H,15,17). The van der Waals surface area contributed by atoms with Crippen LogP contribution < -0.4 is 16.4 Å². The van der Waals surface area contributed by atoms with Gasteiger partial charge in [0, 0.05) is 20.2 Å². The summed E-state index contributed by atoms with van der Waals surface area (Å²) in [5, 5.41) is 15.3. The minimum absolute atomic E-state index is 0.203. The molecule has 0 aliphatic carbocycles. The molecule has 0 bridgehead atoms. The lowest BCUT2D eigenvalue weighted by Crippen LogP contribution is -2.23. The third-order valence-electron chi connectivity index (χ3n) is 2.26. The van der Waals surface area contributed by atoms with E-state index in [1.807, 2.05) is 6.07 Å². The first-order valence-corrected chi connectivity index (χ1v) is 6.41. The first-order chi connectivity index (χ1) is 9.15. The summed E-state index contributed by atoms with van der Waals surface area (Å²) in [6.07, 6.45) is 1.57. The highest BCUT2D eigenvalue weighted by Gasteiger charge is 2.20. The summed E-state index contributed by atoms with van der Waals surface area (Å²) in [6, 6.07) is 2.00. The summed E-state index contributed by atoms with van der Waals surface area (Å²) in [4.78, 5) is 12.2. The van der Waals surface area contributed by atoms with Crippen molar-refractivity contribution < 1.29 is 9.53 Å². The summed E-state index contributed by atoms with van der Waals surface area (Å²) in [5.41, 5.74) is 6.32. The molecule has 4 N–H and O–H groups in total. The zero-order chi connectivity index (χ0) is 14.3. The number of nitrogen functional groups attached to an aromatic ring is 1. The van der Waals surface area contributed by atoms with E-state index in [0.717, 1.165) is 11.3 Å². The number of anilines is 2. The number of carbonyl (C=O) groups excluding carboxylic acids is 1. The second-order valence-corrected chi connectivity index (χ2v) is 4.60. The van der Waals surface area contributed by atoms with Crippen molar-refractivity contribution in [1.29, 1.82) is 5.26 Å². The largest absolute Gasteiger partial charge is 0.396 e. The van der Waals surface area contributed by atoms with Crippen molar-refractivity contribution in [2.75, 3.05) is 37.9 Å². The molecule has 1 rings (SSSR count). The molecule has 0 aliphatic rings. The van der Waals surface area contributed by atoms with Crippen molar-refractivity contribution in [2.24, 2.45) is 0 Å². The van der Waals surface area contributed by atoms with E-state index in [4.69, 9.17) is 15.7 Å². The molecule has 0 saturated heterocycles. The van der Waals surface area contributed by atoms with E-state index in [9.17, 15) is 4.79 Å². The third kappa shape index (κ3) is 3.71. The number of carbonyl (C=O) groups is 1. The Morgan fingerprint density at radius 1 is 1.68 bits per heavy atom. The van der Waals surface area contributed by atoms with Crippen molar-refractivity contribution >= 4 is 27.9 Å². The molecule has 19 heavy (non-hydrogen) atoms. The molecule has 0 unspecified atom stereocenters. The Morgan fingerprint density at radius 3 is 3.00 bits per heavy atom. The number of thiophene rings is 1. The smallest absolute Gasteiger partial charge is 0.263 e. The van der Waals surface area contributed by atoms with Crippen LogP contribution in [0.2, 0.25) is 0 Å². The summed E-state index contributed by atoms with van der Waals surface area (Å²) < 4.78 is 4.91. The Bertz CT molecular complexity index is 505. The van der Waals surface area contributed by atoms with Crippen molar-refractivity contribution in [3.8, 4) is 6.07 Å². The van der Waals surface area contributed by atoms with E-state index in [1.54, 1.807) is 13.2 Å². The van der Waals surface area contributed by atoms with E-state index in [1.165, 1.54) is 0 Å². The Labute approximate surface area is 115 Å². The fraction of sp³-hybridized carbons (Fsp3) is 0.333. The maximum atomic E-state index is 11.8. The van der Waals surface area contributed by atoms with Gasteiger partial charge in [0.15, 0.2) is 0 Å². The zero-order valence-electron chi connectivity index (χ0n) is 10.7. The SMILES string of the molecule is C=CCNC(=O)c1sc(NCCOC)c(C#N)c1N. The molecule has 102 valence electrons. The minimum atomic E-state index is -0.307. The predicted octanol–water partition coefficient (Wildman–Crippen LogP) is 1.18. The highest BCUT2D eigenvalue weighted by atomic mass is 32.1. The number of methoxy groups -OCH3 is 1. The van der Waals surface area contributed by atoms with Gasteiger partial charge in [-0.05, 0) is 0 Å². The Hall–Kier alpha value is -2.04. The van der Waals surface area contributed by atoms with Gasteiger partial charge in [-0.2, -0.15) is 5.26 Å². The van der Waals surface area contributed by atoms with Gasteiger partial charge < -0.3 is 21.1 Å². The average molecular weight is 280 g/mol. The molecule has 1 aromatic heterocycles. The molecule has 0 spiro atoms. The van der Waals surface area contributed by atoms with Gasteiger partial charge in [0.1, 0.15) is 21.5 Å². The first kappa shape index (κ1) is 15.0. The minimum Gasteiger partial charge on any atom is -0.396 e. The van der Waals surface area contributed by atoms with Crippen LogP contribution in [0.25, 0.3) is 0 Å². The number of nitrogens with one attached hydrogen (secondary N) is 2. The van der Waals surface area contributed by atoms with E-state index in [0.29, 0.717) is 35.1 Å². The number of nitrogens with zero attached hydrogens (tertiary/aromatic N) is 1. The Morgan fingerprint density at radius 2 is 2.42 bits per heavy atom. The fourth-order valence-corrected chi connectivity index (χ4v) is 2.37. The van der Waals surface area contributed by atoms with Gasteiger partial charge in [-0.1, -0.05) is 6.08 Å². The Balaban J connectivity index is 2.92. The van der Waals surface area contributed by atoms with E-state index in [2.05, 4.69) is 17.2 Å². The molecular formula is C12H16N4O2S. The van der Waals surface area contributed by atoms with Gasteiger partial charge in [-0.3, -0.25) is 4.79 Å². The van der Waals surface area contributed by atoms with Crippen LogP contribution in [0.4, 0.5) is 10.7 Å². The van der Waals surface area contributed by atoms with Gasteiger partial charge in [0.05, 0.1) is 12.3 Å². The van der Waals surface area contributed by atoms with Crippen molar-refractivity contribution in [2.45, 2.75) is 0 Å². The van der Waals surface area contributed by atoms with Crippen LogP contribution in [0, 0.1) is 11.3 Å². The van der Waals surface area contributed by atoms with Crippen molar-refractivity contribution in [3.05, 3.63) is 23.1 Å². The summed E-state index contributed by atoms with van der Waals surface area (Å²) in [5.74, 6) is -0.307. The van der Waals surface area contributed by atoms with Crippen LogP contribution in [0.3, 0.4) is 0 Å². The molecule has 1 amide bonds. The zero-order valence-corrected chi connectivity index (χ0v) is 11.5. The maximum Gasteiger partial charge on any atom is 0.263 e. The Kier molecular flexibility index (Phi) is 5.85. The molecule has 0 atom stereocenters. The van der Waals surface area contributed by atoms with Crippen LogP contribution in [-0.2, 0) is 4.74 Å². The highest BCUT2D eigenvalue weighted by molar-refractivity contribution is 7.18. The second kappa shape index (κ2) is 7.41. The molecule has 7 heteroatoms. The molecule has 0 radical (unpaired) electrons. The molecule has 1 aromatic rings. The lowest BCUT2D eigenvalue weighted by Gasteiger charge is -2.02. The number of nitriles is 1. The van der Waals surface area contributed by atoms with Crippen molar-refractivity contribution in [3.63, 3.8) is 0 Å². The van der Waals surface area contributed by atoms with Gasteiger partial charge in [0.25, 0.3) is 5.91 Å². The molecule has 0 fully saturated rings. The van der Waals surface area contributed by atoms with Crippen LogP contribution in [0.15, 0.2) is 12.7 Å². The number of hydrogen-bond donors (Lipinski definition) is 3. The number of ether oxygens (including phenoxy) is 1. The van der Waals surface area contributed by atoms with Crippen molar-refractivity contribution in [1.82, 2.24) is 5.32 Å². The van der Waals surface area contributed by atoms with Gasteiger partial charge in [-0.15, -0.1) is 17.9 Å². The third-order valence-corrected chi connectivity index (χ3v) is 3.42. The summed E-state index contributed by atoms with van der Waals surface area (Å²) in [6.45, 7) is 4.91. The van der Waals surface area contributed by atoms with Crippen LogP contribution in [-0.4, -0.2) is 32.7 Å². The first-order valence-electron chi connectivity index (χ1n) is 5.60. The van der Waals surface area contributed by atoms with E-state index in [-0.39, 0.29) is 11.6 Å². The molecular weight excluding hydrogens is 264 g/mol. The average Bonchev–Trinajstić information content (AvgIpc) is 2.72. The van der Waals surface area contributed by atoms with Gasteiger partial charge in [0.2, 0.25) is 0 Å². The second-order valence-electron chi connectivity index (χ2n) is 3.58. The lowest BCUT2D eigenvalue weighted by molar-refractivity contribution is 0.0963. The lowest BCUT2D eigenvalue weighted by atomic mass is 10.2. The molecule has 6 nitrogen and oxygen atoms in total. The summed E-state index contributed by atoms with van der Waals surface area (Å²) >= 11 is 1.16. The predicted molar refractivity (Wildman–Crippen MR) is 76.3 cm³/mol. The highest BCUT2D eigenvalue weighted by Crippen LogP contribution is 2.34. The van der Waals surface area contributed by atoms with Crippen LogP contribution in [0.5, 0.6) is 0 Å². The summed E-state index contributed by atoms with van der Waals surface area (Å²) in [7, 11) is 1.59. The normalized spacial score (nSPS) is 9.68. The number of amides is 1. The van der Waals surface area contributed by atoms with E-state index >= 15 is 0 Å². The fourth-order valence-electron chi connectivity index (χ4n) is 1.36. The van der Waals surface area contributed by atoms with Gasteiger partial charge >= 0.3 is 0 Å². The monoisotopic (exact) mass is 280 g/mol.